The van der Waals surface area contributed by atoms with Crippen molar-refractivity contribution in [2.45, 2.75) is 32.2 Å². The lowest BCUT2D eigenvalue weighted by atomic mass is 10.1. The molecule has 2 aromatic carbocycles. The predicted octanol–water partition coefficient (Wildman–Crippen LogP) is 3.67. The van der Waals surface area contributed by atoms with Crippen LogP contribution in [0.25, 0.3) is 20.8 Å². The lowest BCUT2D eigenvalue weighted by molar-refractivity contribution is -0.117. The lowest BCUT2D eigenvalue weighted by Crippen LogP contribution is -2.35. The van der Waals surface area contributed by atoms with Crippen LogP contribution in [0.15, 0.2) is 42.5 Å². The van der Waals surface area contributed by atoms with E-state index in [1.54, 1.807) is 11.3 Å². The fourth-order valence-corrected chi connectivity index (χ4v) is 3.76. The second kappa shape index (κ2) is 8.40. The van der Waals surface area contributed by atoms with Crippen LogP contribution >= 0.6 is 11.3 Å². The van der Waals surface area contributed by atoms with Gasteiger partial charge in [0.25, 0.3) is 0 Å². The van der Waals surface area contributed by atoms with Gasteiger partial charge in [-0.3, -0.25) is 4.79 Å². The van der Waals surface area contributed by atoms with Gasteiger partial charge in [-0.05, 0) is 62.2 Å². The Morgan fingerprint density at radius 2 is 2.04 bits per heavy atom. The minimum atomic E-state index is -0.509. The topological polar surface area (TPSA) is 94.0 Å². The molecule has 0 unspecified atom stereocenters. The first kappa shape index (κ1) is 18.5. The molecule has 0 aliphatic carbocycles. The first-order valence-corrected chi connectivity index (χ1v) is 9.63. The van der Waals surface area contributed by atoms with E-state index in [1.165, 1.54) is 4.70 Å². The molecule has 136 valence electrons. The molecule has 0 spiro atoms. The van der Waals surface area contributed by atoms with Crippen molar-refractivity contribution in [1.29, 1.82) is 0 Å². The van der Waals surface area contributed by atoms with E-state index in [-0.39, 0.29) is 5.91 Å². The van der Waals surface area contributed by atoms with Crippen LogP contribution in [0.1, 0.15) is 24.8 Å². The number of para-hydroxylation sites is 1. The van der Waals surface area contributed by atoms with Gasteiger partial charge >= 0.3 is 0 Å². The second-order valence-corrected chi connectivity index (χ2v) is 7.43. The predicted molar refractivity (Wildman–Crippen MR) is 109 cm³/mol. The Morgan fingerprint density at radius 1 is 1.23 bits per heavy atom. The highest BCUT2D eigenvalue weighted by atomic mass is 32.1. The normalized spacial score (nSPS) is 12.3. The molecule has 5 N–H and O–H groups in total. The number of benzene rings is 2. The molecule has 0 saturated heterocycles. The average Bonchev–Trinajstić information content (AvgIpc) is 3.07. The molecular weight excluding hydrogens is 344 g/mol. The number of thiazole rings is 1. The third kappa shape index (κ3) is 4.27. The van der Waals surface area contributed by atoms with Gasteiger partial charge in [0.05, 0.1) is 16.3 Å². The number of nitrogens with zero attached hydrogens (tertiary/aromatic N) is 1. The Balaban J connectivity index is 1.72. The molecular formula is C20H24N4OS. The molecule has 26 heavy (non-hydrogen) atoms. The van der Waals surface area contributed by atoms with Crippen LogP contribution in [0.2, 0.25) is 0 Å². The number of nitrogens with one attached hydrogen (secondary N) is 1. The summed E-state index contributed by atoms with van der Waals surface area (Å²) in [6.07, 6.45) is 2.39. The Labute approximate surface area is 157 Å². The molecule has 0 saturated carbocycles. The van der Waals surface area contributed by atoms with Crippen LogP contribution in [0.4, 0.5) is 5.69 Å². The van der Waals surface area contributed by atoms with Gasteiger partial charge in [-0.2, -0.15) is 0 Å². The molecule has 0 bridgehead atoms. The highest BCUT2D eigenvalue weighted by molar-refractivity contribution is 7.21. The summed E-state index contributed by atoms with van der Waals surface area (Å²) in [6, 6.07) is 13.5. The summed E-state index contributed by atoms with van der Waals surface area (Å²) < 4.78 is 1.17. The first-order chi connectivity index (χ1) is 12.6. The number of amides is 1. The van der Waals surface area contributed by atoms with Crippen molar-refractivity contribution >= 4 is 33.1 Å². The van der Waals surface area contributed by atoms with Gasteiger partial charge in [0.2, 0.25) is 5.91 Å². The molecule has 3 aromatic rings. The fraction of sp³-hybridized carbons (Fsp3) is 0.300. The van der Waals surface area contributed by atoms with Crippen LogP contribution < -0.4 is 16.8 Å². The lowest BCUT2D eigenvalue weighted by Gasteiger charge is -2.14. The summed E-state index contributed by atoms with van der Waals surface area (Å²) in [5.41, 5.74) is 15.3. The third-order valence-electron chi connectivity index (χ3n) is 4.33. The summed E-state index contributed by atoms with van der Waals surface area (Å²) in [4.78, 5) is 16.9. The van der Waals surface area contributed by atoms with E-state index in [2.05, 4.69) is 16.4 Å². The molecule has 1 heterocycles. The van der Waals surface area contributed by atoms with Gasteiger partial charge in [0, 0.05) is 11.3 Å². The highest BCUT2D eigenvalue weighted by Crippen LogP contribution is 2.31. The summed E-state index contributed by atoms with van der Waals surface area (Å²) in [5.74, 6) is -0.155. The van der Waals surface area contributed by atoms with Gasteiger partial charge < -0.3 is 16.8 Å². The number of hydrogen-bond donors (Lipinski definition) is 3. The number of nitrogens with two attached hydrogens (primary N) is 2. The fourth-order valence-electron chi connectivity index (χ4n) is 2.80. The molecule has 0 fully saturated rings. The van der Waals surface area contributed by atoms with Crippen molar-refractivity contribution in [3.05, 3.63) is 48.0 Å². The van der Waals surface area contributed by atoms with E-state index < -0.39 is 6.04 Å². The largest absolute Gasteiger partial charge is 0.330 e. The molecule has 5 nitrogen and oxygen atoms in total. The van der Waals surface area contributed by atoms with E-state index in [4.69, 9.17) is 11.5 Å². The number of carbonyl (C=O) groups is 1. The van der Waals surface area contributed by atoms with Crippen molar-refractivity contribution in [1.82, 2.24) is 4.98 Å². The minimum Gasteiger partial charge on any atom is -0.330 e. The number of aromatic nitrogens is 1. The zero-order valence-corrected chi connectivity index (χ0v) is 15.7. The summed E-state index contributed by atoms with van der Waals surface area (Å²) >= 11 is 1.67. The summed E-state index contributed by atoms with van der Waals surface area (Å²) in [7, 11) is 0. The van der Waals surface area contributed by atoms with E-state index >= 15 is 0 Å². The number of aryl methyl sites for hydroxylation is 1. The Kier molecular flexibility index (Phi) is 5.98. The number of fused-ring (bicyclic) bond motifs is 1. The van der Waals surface area contributed by atoms with Crippen LogP contribution in [-0.2, 0) is 4.79 Å². The first-order valence-electron chi connectivity index (χ1n) is 8.81. The van der Waals surface area contributed by atoms with Crippen LogP contribution in [-0.4, -0.2) is 23.5 Å². The monoisotopic (exact) mass is 368 g/mol. The van der Waals surface area contributed by atoms with Gasteiger partial charge in [0.15, 0.2) is 0 Å². The van der Waals surface area contributed by atoms with Crippen LogP contribution in [0.5, 0.6) is 0 Å². The third-order valence-corrected chi connectivity index (χ3v) is 5.42. The molecule has 0 radical (unpaired) electrons. The Morgan fingerprint density at radius 3 is 2.77 bits per heavy atom. The van der Waals surface area contributed by atoms with E-state index in [0.717, 1.165) is 40.2 Å². The molecule has 1 aromatic heterocycles. The smallest absolute Gasteiger partial charge is 0.241 e. The van der Waals surface area contributed by atoms with Gasteiger partial charge in [0.1, 0.15) is 5.01 Å². The van der Waals surface area contributed by atoms with E-state index in [0.29, 0.717) is 13.0 Å². The van der Waals surface area contributed by atoms with Crippen molar-refractivity contribution < 1.29 is 4.79 Å². The van der Waals surface area contributed by atoms with Crippen molar-refractivity contribution in [2.75, 3.05) is 11.9 Å². The zero-order chi connectivity index (χ0) is 18.5. The zero-order valence-electron chi connectivity index (χ0n) is 14.9. The van der Waals surface area contributed by atoms with E-state index in [9.17, 15) is 4.79 Å². The Bertz CT molecular complexity index is 873. The quantitative estimate of drug-likeness (QED) is 0.555. The maximum atomic E-state index is 12.3. The molecule has 1 atom stereocenters. The van der Waals surface area contributed by atoms with Crippen molar-refractivity contribution in [3.63, 3.8) is 0 Å². The Hall–Kier alpha value is -2.28. The summed E-state index contributed by atoms with van der Waals surface area (Å²) in [6.45, 7) is 2.60. The molecule has 6 heteroatoms. The highest BCUT2D eigenvalue weighted by Gasteiger charge is 2.15. The van der Waals surface area contributed by atoms with Crippen LogP contribution in [0.3, 0.4) is 0 Å². The van der Waals surface area contributed by atoms with Crippen molar-refractivity contribution in [2.24, 2.45) is 11.5 Å². The molecule has 0 aliphatic heterocycles. The maximum Gasteiger partial charge on any atom is 0.241 e. The van der Waals surface area contributed by atoms with Gasteiger partial charge in [-0.1, -0.05) is 18.6 Å². The van der Waals surface area contributed by atoms with Crippen molar-refractivity contribution in [3.8, 4) is 10.6 Å². The SMILES string of the molecule is Cc1cc(-c2nc3ccccc3s2)ccc1NC(=O)[C@@H](N)CCCCN. The number of hydrogen-bond acceptors (Lipinski definition) is 5. The average molecular weight is 369 g/mol. The molecule has 3 rings (SSSR count). The van der Waals surface area contributed by atoms with Gasteiger partial charge in [-0.15, -0.1) is 11.3 Å². The number of rotatable bonds is 7. The van der Waals surface area contributed by atoms with Crippen LogP contribution in [0, 0.1) is 6.92 Å². The molecule has 1 amide bonds. The number of anilines is 1. The van der Waals surface area contributed by atoms with E-state index in [1.807, 2.05) is 43.3 Å². The minimum absolute atomic E-state index is 0.155. The second-order valence-electron chi connectivity index (χ2n) is 6.40. The molecule has 0 aliphatic rings. The standard InChI is InChI=1S/C20H24N4OS/c1-13-12-14(20-24-17-7-2-3-8-18(17)26-20)9-10-16(13)23-19(25)15(22)6-4-5-11-21/h2-3,7-10,12,15H,4-6,11,21-22H2,1H3,(H,23,25)/t15-/m0/s1. The maximum absolute atomic E-state index is 12.3. The summed E-state index contributed by atoms with van der Waals surface area (Å²) in [5, 5.41) is 3.91. The van der Waals surface area contributed by atoms with Gasteiger partial charge in [-0.25, -0.2) is 4.98 Å². The number of unbranched alkanes of at least 4 members (excludes halogenated alkanes) is 1. The number of carbonyl (C=O) groups excluding carboxylic acids is 1.